The first-order valence-corrected chi connectivity index (χ1v) is 5.98. The van der Waals surface area contributed by atoms with Crippen molar-refractivity contribution in [3.8, 4) is 5.75 Å². The molecule has 0 saturated heterocycles. The second-order valence-corrected chi connectivity index (χ2v) is 4.42. The lowest BCUT2D eigenvalue weighted by Crippen LogP contribution is -2.36. The fraction of sp³-hybridized carbons (Fsp3) is 0.500. The maximum Gasteiger partial charge on any atom is 0.224 e. The van der Waals surface area contributed by atoms with E-state index in [0.717, 1.165) is 16.9 Å². The lowest BCUT2D eigenvalue weighted by molar-refractivity contribution is -0.121. The van der Waals surface area contributed by atoms with Gasteiger partial charge in [-0.05, 0) is 19.9 Å². The third-order valence-electron chi connectivity index (χ3n) is 2.61. The summed E-state index contributed by atoms with van der Waals surface area (Å²) in [4.78, 5) is 11.9. The van der Waals surface area contributed by atoms with Crippen molar-refractivity contribution < 1.29 is 14.3 Å². The van der Waals surface area contributed by atoms with Gasteiger partial charge < -0.3 is 14.8 Å². The zero-order valence-corrected chi connectivity index (χ0v) is 11.4. The van der Waals surface area contributed by atoms with Crippen LogP contribution in [0.25, 0.3) is 0 Å². The number of ether oxygens (including phenoxy) is 2. The first-order valence-electron chi connectivity index (χ1n) is 5.98. The second-order valence-electron chi connectivity index (χ2n) is 4.42. The SMILES string of the molecule is COC[C@@H](C)NC(=O)Cc1cc(C)ccc1OC. The normalized spacial score (nSPS) is 12.0. The Hall–Kier alpha value is -1.55. The fourth-order valence-corrected chi connectivity index (χ4v) is 1.84. The van der Waals surface area contributed by atoms with Crippen LogP contribution in [0.1, 0.15) is 18.1 Å². The Bertz CT molecular complexity index is 404. The van der Waals surface area contributed by atoms with Gasteiger partial charge in [0.15, 0.2) is 0 Å². The van der Waals surface area contributed by atoms with Crippen LogP contribution in [0.5, 0.6) is 5.75 Å². The highest BCUT2D eigenvalue weighted by molar-refractivity contribution is 5.79. The molecule has 0 heterocycles. The number of rotatable bonds is 6. The van der Waals surface area contributed by atoms with Crippen LogP contribution in [0.4, 0.5) is 0 Å². The second kappa shape index (κ2) is 7.01. The summed E-state index contributed by atoms with van der Waals surface area (Å²) >= 11 is 0. The van der Waals surface area contributed by atoms with Gasteiger partial charge >= 0.3 is 0 Å². The monoisotopic (exact) mass is 251 g/mol. The average molecular weight is 251 g/mol. The summed E-state index contributed by atoms with van der Waals surface area (Å²) in [7, 11) is 3.23. The highest BCUT2D eigenvalue weighted by atomic mass is 16.5. The number of methoxy groups -OCH3 is 2. The van der Waals surface area contributed by atoms with Crippen LogP contribution in [0, 0.1) is 6.92 Å². The molecular weight excluding hydrogens is 230 g/mol. The summed E-state index contributed by atoms with van der Waals surface area (Å²) in [5.74, 6) is 0.721. The molecule has 1 rings (SSSR count). The topological polar surface area (TPSA) is 47.6 Å². The molecule has 0 bridgehead atoms. The molecule has 0 fully saturated rings. The van der Waals surface area contributed by atoms with E-state index in [4.69, 9.17) is 9.47 Å². The molecule has 4 nitrogen and oxygen atoms in total. The maximum atomic E-state index is 11.9. The molecule has 4 heteroatoms. The number of amides is 1. The molecule has 1 N–H and O–H groups in total. The Morgan fingerprint density at radius 2 is 2.11 bits per heavy atom. The number of carbonyl (C=O) groups is 1. The minimum Gasteiger partial charge on any atom is -0.496 e. The van der Waals surface area contributed by atoms with Crippen molar-refractivity contribution in [2.45, 2.75) is 26.3 Å². The summed E-state index contributed by atoms with van der Waals surface area (Å²) in [5.41, 5.74) is 2.02. The van der Waals surface area contributed by atoms with Gasteiger partial charge in [-0.2, -0.15) is 0 Å². The van der Waals surface area contributed by atoms with E-state index in [1.165, 1.54) is 0 Å². The van der Waals surface area contributed by atoms with Crippen LogP contribution >= 0.6 is 0 Å². The van der Waals surface area contributed by atoms with Crippen LogP contribution in [-0.4, -0.2) is 32.8 Å². The van der Waals surface area contributed by atoms with Crippen LogP contribution < -0.4 is 10.1 Å². The van der Waals surface area contributed by atoms with Crippen molar-refractivity contribution in [2.24, 2.45) is 0 Å². The molecule has 18 heavy (non-hydrogen) atoms. The molecular formula is C14H21NO3. The van der Waals surface area contributed by atoms with Gasteiger partial charge in [0.05, 0.1) is 20.1 Å². The maximum absolute atomic E-state index is 11.9. The first-order chi connectivity index (χ1) is 8.56. The van der Waals surface area contributed by atoms with E-state index in [0.29, 0.717) is 13.0 Å². The number of carbonyl (C=O) groups excluding carboxylic acids is 1. The van der Waals surface area contributed by atoms with Gasteiger partial charge in [-0.3, -0.25) is 4.79 Å². The fourth-order valence-electron chi connectivity index (χ4n) is 1.84. The van der Waals surface area contributed by atoms with E-state index in [9.17, 15) is 4.79 Å². The van der Waals surface area contributed by atoms with Crippen molar-refractivity contribution >= 4 is 5.91 Å². The largest absolute Gasteiger partial charge is 0.496 e. The molecule has 0 spiro atoms. The number of benzene rings is 1. The molecule has 1 atom stereocenters. The van der Waals surface area contributed by atoms with E-state index in [1.54, 1.807) is 14.2 Å². The van der Waals surface area contributed by atoms with Gasteiger partial charge in [0.25, 0.3) is 0 Å². The Kier molecular flexibility index (Phi) is 5.65. The number of hydrogen-bond donors (Lipinski definition) is 1. The molecule has 0 aliphatic rings. The van der Waals surface area contributed by atoms with Crippen molar-refractivity contribution in [1.82, 2.24) is 5.32 Å². The van der Waals surface area contributed by atoms with Gasteiger partial charge in [-0.15, -0.1) is 0 Å². The highest BCUT2D eigenvalue weighted by Gasteiger charge is 2.11. The molecule has 1 aromatic carbocycles. The Labute approximate surface area is 108 Å². The van der Waals surface area contributed by atoms with E-state index < -0.39 is 0 Å². The lowest BCUT2D eigenvalue weighted by Gasteiger charge is -2.14. The van der Waals surface area contributed by atoms with Gasteiger partial charge in [-0.1, -0.05) is 17.7 Å². The van der Waals surface area contributed by atoms with Crippen LogP contribution in [0.2, 0.25) is 0 Å². The lowest BCUT2D eigenvalue weighted by atomic mass is 10.1. The van der Waals surface area contributed by atoms with E-state index in [2.05, 4.69) is 5.32 Å². The zero-order valence-electron chi connectivity index (χ0n) is 11.4. The summed E-state index contributed by atoms with van der Waals surface area (Å²) in [5, 5.41) is 2.88. The van der Waals surface area contributed by atoms with Crippen molar-refractivity contribution in [3.05, 3.63) is 29.3 Å². The summed E-state index contributed by atoms with van der Waals surface area (Å²) < 4.78 is 10.2. The van der Waals surface area contributed by atoms with Gasteiger partial charge in [-0.25, -0.2) is 0 Å². The minimum atomic E-state index is -0.0246. The summed E-state index contributed by atoms with van der Waals surface area (Å²) in [6, 6.07) is 5.84. The average Bonchev–Trinajstić information content (AvgIpc) is 2.29. The predicted molar refractivity (Wildman–Crippen MR) is 70.9 cm³/mol. The number of nitrogens with one attached hydrogen (secondary N) is 1. The molecule has 1 amide bonds. The van der Waals surface area contributed by atoms with Crippen molar-refractivity contribution in [2.75, 3.05) is 20.8 Å². The third kappa shape index (κ3) is 4.37. The van der Waals surface area contributed by atoms with Gasteiger partial charge in [0, 0.05) is 18.7 Å². The molecule has 0 saturated carbocycles. The minimum absolute atomic E-state index is 0.0123. The standard InChI is InChI=1S/C14H21NO3/c1-10-5-6-13(18-4)12(7-10)8-14(16)15-11(2)9-17-3/h5-7,11H,8-9H2,1-4H3,(H,15,16)/t11-/m1/s1. The summed E-state index contributed by atoms with van der Waals surface area (Å²) in [6.45, 7) is 4.42. The van der Waals surface area contributed by atoms with Crippen LogP contribution in [-0.2, 0) is 16.0 Å². The first kappa shape index (κ1) is 14.5. The van der Waals surface area contributed by atoms with E-state index in [-0.39, 0.29) is 11.9 Å². The van der Waals surface area contributed by atoms with Crippen molar-refractivity contribution in [1.29, 1.82) is 0 Å². The van der Waals surface area contributed by atoms with Gasteiger partial charge in [0.1, 0.15) is 5.75 Å². The molecule has 0 aromatic heterocycles. The Morgan fingerprint density at radius 3 is 2.72 bits per heavy atom. The zero-order chi connectivity index (χ0) is 13.5. The van der Waals surface area contributed by atoms with Crippen LogP contribution in [0.3, 0.4) is 0 Å². The Balaban J connectivity index is 2.66. The van der Waals surface area contributed by atoms with Crippen LogP contribution in [0.15, 0.2) is 18.2 Å². The molecule has 0 aliphatic carbocycles. The number of hydrogen-bond acceptors (Lipinski definition) is 3. The van der Waals surface area contributed by atoms with Crippen molar-refractivity contribution in [3.63, 3.8) is 0 Å². The quantitative estimate of drug-likeness (QED) is 0.837. The number of aryl methyl sites for hydroxylation is 1. The molecule has 0 radical (unpaired) electrons. The smallest absolute Gasteiger partial charge is 0.224 e. The summed E-state index contributed by atoms with van der Waals surface area (Å²) in [6.07, 6.45) is 0.318. The third-order valence-corrected chi connectivity index (χ3v) is 2.61. The Morgan fingerprint density at radius 1 is 1.39 bits per heavy atom. The van der Waals surface area contributed by atoms with E-state index in [1.807, 2.05) is 32.0 Å². The van der Waals surface area contributed by atoms with E-state index >= 15 is 0 Å². The molecule has 0 aliphatic heterocycles. The highest BCUT2D eigenvalue weighted by Crippen LogP contribution is 2.20. The molecule has 100 valence electrons. The molecule has 1 aromatic rings. The van der Waals surface area contributed by atoms with Gasteiger partial charge in [0.2, 0.25) is 5.91 Å². The predicted octanol–water partition coefficient (Wildman–Crippen LogP) is 1.70. The molecule has 0 unspecified atom stereocenters.